The van der Waals surface area contributed by atoms with Crippen LogP contribution >= 0.6 is 12.4 Å². The lowest BCUT2D eigenvalue weighted by atomic mass is 9.90. The summed E-state index contributed by atoms with van der Waals surface area (Å²) in [7, 11) is 0. The van der Waals surface area contributed by atoms with Crippen LogP contribution < -0.4 is 5.73 Å². The molecule has 0 aromatic carbocycles. The van der Waals surface area contributed by atoms with Crippen LogP contribution in [0.4, 0.5) is 0 Å². The average Bonchev–Trinajstić information content (AvgIpc) is 2.13. The molecule has 0 aromatic heterocycles. The molecule has 102 valence electrons. The van der Waals surface area contributed by atoms with Crippen molar-refractivity contribution in [3.63, 3.8) is 0 Å². The van der Waals surface area contributed by atoms with E-state index in [1.54, 1.807) is 0 Å². The second-order valence-corrected chi connectivity index (χ2v) is 5.96. The minimum Gasteiger partial charge on any atom is -0.369 e. The molecule has 1 rings (SSSR count). The average molecular weight is 265 g/mol. The second-order valence-electron chi connectivity index (χ2n) is 5.96. The lowest BCUT2D eigenvalue weighted by Gasteiger charge is -2.44. The van der Waals surface area contributed by atoms with Crippen molar-refractivity contribution in [1.82, 2.24) is 4.90 Å². The molecule has 0 aliphatic carbocycles. The minimum absolute atomic E-state index is 0. The summed E-state index contributed by atoms with van der Waals surface area (Å²) in [5.74, 6) is 0.123. The van der Waals surface area contributed by atoms with Crippen molar-refractivity contribution in [2.75, 3.05) is 19.6 Å². The maximum Gasteiger partial charge on any atom is 0.229 e. The predicted molar refractivity (Wildman–Crippen MR) is 71.3 cm³/mol. The van der Waals surface area contributed by atoms with E-state index in [4.69, 9.17) is 10.5 Å². The summed E-state index contributed by atoms with van der Waals surface area (Å²) < 4.78 is 5.78. The number of morpholine rings is 1. The number of ether oxygens (including phenoxy) is 1. The second kappa shape index (κ2) is 5.55. The van der Waals surface area contributed by atoms with Crippen LogP contribution in [0.2, 0.25) is 0 Å². The largest absolute Gasteiger partial charge is 0.369 e. The van der Waals surface area contributed by atoms with Crippen molar-refractivity contribution in [1.29, 1.82) is 0 Å². The normalized spacial score (nSPS) is 24.1. The topological polar surface area (TPSA) is 55.6 Å². The predicted octanol–water partition coefficient (Wildman–Crippen LogP) is 1.42. The number of hydrogen-bond acceptors (Lipinski definition) is 3. The highest BCUT2D eigenvalue weighted by molar-refractivity contribution is 5.85. The molecule has 0 spiro atoms. The van der Waals surface area contributed by atoms with Crippen LogP contribution in [0, 0.1) is 5.41 Å². The molecule has 0 aromatic rings. The zero-order valence-corrected chi connectivity index (χ0v) is 12.3. The Hall–Kier alpha value is -0.320. The molecule has 0 saturated carbocycles. The zero-order valence-electron chi connectivity index (χ0n) is 11.4. The molecule has 1 aliphatic rings. The Morgan fingerprint density at radius 3 is 2.47 bits per heavy atom. The van der Waals surface area contributed by atoms with E-state index in [0.29, 0.717) is 19.6 Å². The summed E-state index contributed by atoms with van der Waals surface area (Å²) >= 11 is 0. The van der Waals surface area contributed by atoms with Gasteiger partial charge in [-0.2, -0.15) is 0 Å². The molecule has 5 heteroatoms. The van der Waals surface area contributed by atoms with Gasteiger partial charge < -0.3 is 15.4 Å². The molecule has 1 aliphatic heterocycles. The van der Waals surface area contributed by atoms with E-state index in [9.17, 15) is 4.79 Å². The third-order valence-electron chi connectivity index (χ3n) is 2.95. The van der Waals surface area contributed by atoms with Crippen LogP contribution in [0.15, 0.2) is 0 Å². The standard InChI is InChI=1S/C12H24N2O2.ClH/c1-9-6-14(8-12(4,5)16-9)10(15)11(2,3)7-13;/h9H,6-8,13H2,1-5H3;1H. The van der Waals surface area contributed by atoms with Gasteiger partial charge in [-0.3, -0.25) is 4.79 Å². The van der Waals surface area contributed by atoms with Crippen molar-refractivity contribution < 1.29 is 9.53 Å². The number of nitrogens with zero attached hydrogens (tertiary/aromatic N) is 1. The Bertz CT molecular complexity index is 280. The summed E-state index contributed by atoms with van der Waals surface area (Å²) in [6.45, 7) is 11.5. The van der Waals surface area contributed by atoms with Crippen molar-refractivity contribution in [3.8, 4) is 0 Å². The van der Waals surface area contributed by atoms with Crippen LogP contribution in [0.5, 0.6) is 0 Å². The van der Waals surface area contributed by atoms with Crippen molar-refractivity contribution in [2.24, 2.45) is 11.1 Å². The fraction of sp³-hybridized carbons (Fsp3) is 0.917. The smallest absolute Gasteiger partial charge is 0.229 e. The van der Waals surface area contributed by atoms with Crippen LogP contribution in [-0.2, 0) is 9.53 Å². The lowest BCUT2D eigenvalue weighted by molar-refractivity contribution is -0.165. The molecule has 0 radical (unpaired) electrons. The first kappa shape index (κ1) is 16.7. The summed E-state index contributed by atoms with van der Waals surface area (Å²) in [4.78, 5) is 14.2. The molecular weight excluding hydrogens is 240 g/mol. The number of halogens is 1. The third kappa shape index (κ3) is 4.12. The molecule has 17 heavy (non-hydrogen) atoms. The quantitative estimate of drug-likeness (QED) is 0.821. The molecule has 2 N–H and O–H groups in total. The summed E-state index contributed by atoms with van der Waals surface area (Å²) in [5, 5.41) is 0. The number of carbonyl (C=O) groups is 1. The summed E-state index contributed by atoms with van der Waals surface area (Å²) in [6.07, 6.45) is 0.0845. The number of hydrogen-bond donors (Lipinski definition) is 1. The Kier molecular flexibility index (Phi) is 5.44. The van der Waals surface area contributed by atoms with Gasteiger partial charge in [-0.25, -0.2) is 0 Å². The van der Waals surface area contributed by atoms with Gasteiger partial charge in [0, 0.05) is 19.6 Å². The van der Waals surface area contributed by atoms with Crippen LogP contribution in [0.1, 0.15) is 34.6 Å². The summed E-state index contributed by atoms with van der Waals surface area (Å²) in [6, 6.07) is 0. The molecular formula is C12H25ClN2O2. The van der Waals surface area contributed by atoms with Gasteiger partial charge in [0.2, 0.25) is 5.91 Å². The molecule has 1 atom stereocenters. The number of nitrogens with two attached hydrogens (primary N) is 1. The van der Waals surface area contributed by atoms with Gasteiger partial charge in [0.15, 0.2) is 0 Å². The van der Waals surface area contributed by atoms with Gasteiger partial charge in [0.25, 0.3) is 0 Å². The number of carbonyl (C=O) groups excluding carboxylic acids is 1. The first-order valence-corrected chi connectivity index (χ1v) is 5.85. The monoisotopic (exact) mass is 264 g/mol. The molecule has 1 amide bonds. The number of rotatable bonds is 2. The van der Waals surface area contributed by atoms with Gasteiger partial charge >= 0.3 is 0 Å². The fourth-order valence-electron chi connectivity index (χ4n) is 2.12. The van der Waals surface area contributed by atoms with Crippen molar-refractivity contribution >= 4 is 18.3 Å². The van der Waals surface area contributed by atoms with Gasteiger partial charge in [0.1, 0.15) is 0 Å². The molecule has 4 nitrogen and oxygen atoms in total. The maximum absolute atomic E-state index is 12.3. The fourth-order valence-corrected chi connectivity index (χ4v) is 2.12. The van der Waals surface area contributed by atoms with E-state index in [2.05, 4.69) is 0 Å². The van der Waals surface area contributed by atoms with Crippen LogP contribution in [-0.4, -0.2) is 42.1 Å². The highest BCUT2D eigenvalue weighted by atomic mass is 35.5. The van der Waals surface area contributed by atoms with Crippen molar-refractivity contribution in [3.05, 3.63) is 0 Å². The lowest BCUT2D eigenvalue weighted by Crippen LogP contribution is -2.57. The Labute approximate surface area is 110 Å². The Morgan fingerprint density at radius 2 is 2.06 bits per heavy atom. The highest BCUT2D eigenvalue weighted by Crippen LogP contribution is 2.25. The molecule has 1 unspecified atom stereocenters. The molecule has 0 bridgehead atoms. The van der Waals surface area contributed by atoms with Crippen LogP contribution in [0.25, 0.3) is 0 Å². The van der Waals surface area contributed by atoms with Gasteiger partial charge in [-0.15, -0.1) is 12.4 Å². The highest BCUT2D eigenvalue weighted by Gasteiger charge is 2.38. The first-order chi connectivity index (χ1) is 7.18. The van der Waals surface area contributed by atoms with E-state index in [-0.39, 0.29) is 30.0 Å². The van der Waals surface area contributed by atoms with E-state index >= 15 is 0 Å². The van der Waals surface area contributed by atoms with Crippen LogP contribution in [0.3, 0.4) is 0 Å². The van der Waals surface area contributed by atoms with E-state index in [1.165, 1.54) is 0 Å². The molecule has 1 saturated heterocycles. The van der Waals surface area contributed by atoms with E-state index in [0.717, 1.165) is 0 Å². The van der Waals surface area contributed by atoms with E-state index in [1.807, 2.05) is 39.5 Å². The van der Waals surface area contributed by atoms with E-state index < -0.39 is 5.41 Å². The van der Waals surface area contributed by atoms with Gasteiger partial charge in [0.05, 0.1) is 17.1 Å². The van der Waals surface area contributed by atoms with Gasteiger partial charge in [-0.1, -0.05) is 0 Å². The van der Waals surface area contributed by atoms with Gasteiger partial charge in [-0.05, 0) is 34.6 Å². The third-order valence-corrected chi connectivity index (χ3v) is 2.95. The summed E-state index contributed by atoms with van der Waals surface area (Å²) in [5.41, 5.74) is 4.89. The SMILES string of the molecule is CC1CN(C(=O)C(C)(C)CN)CC(C)(C)O1.Cl. The maximum atomic E-state index is 12.3. The van der Waals surface area contributed by atoms with Crippen molar-refractivity contribution in [2.45, 2.75) is 46.3 Å². The number of amides is 1. The first-order valence-electron chi connectivity index (χ1n) is 5.85. The molecule has 1 heterocycles. The minimum atomic E-state index is -0.479. The Morgan fingerprint density at radius 1 is 1.53 bits per heavy atom. The zero-order chi connectivity index (χ0) is 12.6. The Balaban J connectivity index is 0.00000256. The molecule has 1 fully saturated rings.